The summed E-state index contributed by atoms with van der Waals surface area (Å²) in [6, 6.07) is 12.6. The second kappa shape index (κ2) is 8.66. The summed E-state index contributed by atoms with van der Waals surface area (Å²) in [4.78, 5) is 6.85. The van der Waals surface area contributed by atoms with Crippen LogP contribution in [0.5, 0.6) is 0 Å². The van der Waals surface area contributed by atoms with Crippen molar-refractivity contribution in [2.24, 2.45) is 4.99 Å². The van der Waals surface area contributed by atoms with Crippen molar-refractivity contribution in [1.82, 2.24) is 0 Å². The Labute approximate surface area is 165 Å². The van der Waals surface area contributed by atoms with E-state index in [1.165, 1.54) is 22.3 Å². The van der Waals surface area contributed by atoms with Crippen LogP contribution in [0.4, 0.5) is 11.4 Å². The van der Waals surface area contributed by atoms with Gasteiger partial charge >= 0.3 is 0 Å². The Hall–Kier alpha value is -2.20. The summed E-state index contributed by atoms with van der Waals surface area (Å²) in [6.45, 7) is 8.56. The molecule has 1 aliphatic heterocycles. The number of aryl methyl sites for hydroxylation is 4. The Morgan fingerprint density at radius 3 is 1.81 bits per heavy atom. The normalized spacial score (nSPS) is 17.9. The molecule has 1 heterocycles. The Bertz CT molecular complexity index is 870. The Morgan fingerprint density at radius 1 is 0.852 bits per heavy atom. The molecule has 142 valence electrons. The lowest BCUT2D eigenvalue weighted by molar-refractivity contribution is 0.694. The minimum absolute atomic E-state index is 0.557. The number of benzene rings is 2. The highest BCUT2D eigenvalue weighted by molar-refractivity contribution is 8.03. The maximum Gasteiger partial charge on any atom is 0.0962 e. The minimum Gasteiger partial charge on any atom is -0.455 e. The van der Waals surface area contributed by atoms with Gasteiger partial charge in [0.25, 0.3) is 0 Å². The molecular formula is C23H27N2OS-. The van der Waals surface area contributed by atoms with Crippen LogP contribution in [-0.4, -0.2) is 9.38 Å². The van der Waals surface area contributed by atoms with E-state index in [1.807, 2.05) is 4.90 Å². The van der Waals surface area contributed by atoms with Gasteiger partial charge in [-0.1, -0.05) is 87.1 Å². The number of hydrogen-bond donors (Lipinski definition) is 0. The molecular weight excluding hydrogens is 352 g/mol. The number of nitrogens with zero attached hydrogens (tertiary/aromatic N) is 2. The smallest absolute Gasteiger partial charge is 0.0962 e. The van der Waals surface area contributed by atoms with Gasteiger partial charge in [0.15, 0.2) is 0 Å². The van der Waals surface area contributed by atoms with E-state index in [0.717, 1.165) is 37.1 Å². The van der Waals surface area contributed by atoms with Gasteiger partial charge in [-0.15, -0.1) is 0 Å². The minimum atomic E-state index is -1.29. The van der Waals surface area contributed by atoms with E-state index in [2.05, 4.69) is 70.3 Å². The molecule has 0 fully saturated rings. The van der Waals surface area contributed by atoms with Crippen molar-refractivity contribution in [3.8, 4) is 0 Å². The van der Waals surface area contributed by atoms with Gasteiger partial charge < -0.3 is 4.90 Å². The fourth-order valence-corrected chi connectivity index (χ4v) is 4.32. The predicted octanol–water partition coefficient (Wildman–Crippen LogP) is 5.47. The van der Waals surface area contributed by atoms with E-state index >= 15 is 0 Å². The number of anilines is 1. The molecule has 0 N–H and O–H groups in total. The summed E-state index contributed by atoms with van der Waals surface area (Å²) in [6.07, 6.45) is 6.81. The van der Waals surface area contributed by atoms with Crippen LogP contribution in [0.15, 0.2) is 46.8 Å². The van der Waals surface area contributed by atoms with Crippen LogP contribution in [0.2, 0.25) is 0 Å². The Balaban J connectivity index is 2.18. The fraction of sp³-hybridized carbons (Fsp3) is 0.348. The summed E-state index contributed by atoms with van der Waals surface area (Å²) in [5.74, 6) is 0. The number of amidine groups is 1. The van der Waals surface area contributed by atoms with Gasteiger partial charge in [-0.3, -0.25) is 9.20 Å². The first-order chi connectivity index (χ1) is 13.1. The van der Waals surface area contributed by atoms with Crippen LogP contribution in [0.25, 0.3) is 0 Å². The van der Waals surface area contributed by atoms with Crippen molar-refractivity contribution in [1.29, 1.82) is 0 Å². The molecule has 1 unspecified atom stereocenters. The SMILES string of the molecule is CCc1cccc(CC)c1N=C1N(c2c(CC)cccc2CC)[C-]=CS1=O. The molecule has 2 aromatic rings. The van der Waals surface area contributed by atoms with Crippen LogP contribution in [0.1, 0.15) is 49.9 Å². The van der Waals surface area contributed by atoms with Crippen molar-refractivity contribution in [2.45, 2.75) is 53.4 Å². The van der Waals surface area contributed by atoms with Gasteiger partial charge in [0, 0.05) is 10.8 Å². The molecule has 1 atom stereocenters. The number of para-hydroxylation sites is 2. The summed E-state index contributed by atoms with van der Waals surface area (Å²) >= 11 is 0. The predicted molar refractivity (Wildman–Crippen MR) is 116 cm³/mol. The van der Waals surface area contributed by atoms with Crippen LogP contribution >= 0.6 is 0 Å². The Kier molecular flexibility index (Phi) is 6.27. The van der Waals surface area contributed by atoms with Crippen molar-refractivity contribution in [2.75, 3.05) is 4.90 Å². The lowest BCUT2D eigenvalue weighted by atomic mass is 10.0. The average molecular weight is 380 g/mol. The van der Waals surface area contributed by atoms with E-state index in [1.54, 1.807) is 5.41 Å². The largest absolute Gasteiger partial charge is 0.455 e. The second-order valence-electron chi connectivity index (χ2n) is 6.54. The van der Waals surface area contributed by atoms with Gasteiger partial charge in [-0.2, -0.15) is 0 Å². The molecule has 27 heavy (non-hydrogen) atoms. The zero-order chi connectivity index (χ0) is 19.4. The van der Waals surface area contributed by atoms with Crippen LogP contribution < -0.4 is 4.90 Å². The third kappa shape index (κ3) is 3.77. The van der Waals surface area contributed by atoms with E-state index in [9.17, 15) is 4.21 Å². The van der Waals surface area contributed by atoms with Gasteiger partial charge in [-0.25, -0.2) is 0 Å². The molecule has 3 rings (SSSR count). The quantitative estimate of drug-likeness (QED) is 0.624. The van der Waals surface area contributed by atoms with Crippen LogP contribution in [-0.2, 0) is 36.5 Å². The van der Waals surface area contributed by atoms with E-state index in [4.69, 9.17) is 4.99 Å². The third-order valence-corrected chi connectivity index (χ3v) is 5.97. The second-order valence-corrected chi connectivity index (χ2v) is 7.73. The highest BCUT2D eigenvalue weighted by atomic mass is 32.2. The maximum atomic E-state index is 12.8. The molecule has 0 radical (unpaired) electrons. The Morgan fingerprint density at radius 2 is 1.33 bits per heavy atom. The van der Waals surface area contributed by atoms with Crippen molar-refractivity contribution in [3.05, 3.63) is 70.3 Å². The molecule has 2 aromatic carbocycles. The van der Waals surface area contributed by atoms with Gasteiger partial charge in [-0.05, 0) is 42.2 Å². The maximum absolute atomic E-state index is 12.8. The van der Waals surface area contributed by atoms with E-state index < -0.39 is 10.8 Å². The van der Waals surface area contributed by atoms with Crippen LogP contribution in [0, 0.1) is 6.20 Å². The standard InChI is InChI=1S/C23H27N2OS/c1-5-17-11-9-12-18(6-2)21(17)24-23-25(15-16-27(23)26)22-19(7-3)13-10-14-20(22)8-4/h9-14,16H,5-8H2,1-4H3/q-1. The lowest BCUT2D eigenvalue weighted by Crippen LogP contribution is -2.26. The molecule has 0 saturated carbocycles. The zero-order valence-electron chi connectivity index (χ0n) is 16.6. The van der Waals surface area contributed by atoms with E-state index in [0.29, 0.717) is 5.17 Å². The molecule has 0 saturated heterocycles. The summed E-state index contributed by atoms with van der Waals surface area (Å²) in [5, 5.41) is 2.17. The molecule has 0 aromatic heterocycles. The summed E-state index contributed by atoms with van der Waals surface area (Å²) in [7, 11) is -1.29. The van der Waals surface area contributed by atoms with Gasteiger partial charge in [0.05, 0.1) is 10.9 Å². The lowest BCUT2D eigenvalue weighted by Gasteiger charge is -2.33. The molecule has 4 heteroatoms. The highest BCUT2D eigenvalue weighted by Gasteiger charge is 2.18. The van der Waals surface area contributed by atoms with Crippen LogP contribution in [0.3, 0.4) is 0 Å². The first kappa shape index (κ1) is 19.6. The average Bonchev–Trinajstić information content (AvgIpc) is 3.07. The topological polar surface area (TPSA) is 32.7 Å². The monoisotopic (exact) mass is 379 g/mol. The fourth-order valence-electron chi connectivity index (χ4n) is 3.51. The van der Waals surface area contributed by atoms with Crippen molar-refractivity contribution in [3.63, 3.8) is 0 Å². The van der Waals surface area contributed by atoms with Crippen molar-refractivity contribution >= 4 is 27.3 Å². The summed E-state index contributed by atoms with van der Waals surface area (Å²) in [5.41, 5.74) is 6.86. The molecule has 0 aliphatic carbocycles. The van der Waals surface area contributed by atoms with E-state index in [-0.39, 0.29) is 0 Å². The number of rotatable bonds is 6. The number of aliphatic imine (C=N–C) groups is 1. The molecule has 0 amide bonds. The molecule has 0 bridgehead atoms. The molecule has 1 aliphatic rings. The molecule has 3 nitrogen and oxygen atoms in total. The first-order valence-corrected chi connectivity index (χ1v) is 11.0. The van der Waals surface area contributed by atoms with Gasteiger partial charge in [0.1, 0.15) is 0 Å². The number of hydrogen-bond acceptors (Lipinski definition) is 2. The molecule has 0 spiro atoms. The van der Waals surface area contributed by atoms with Crippen molar-refractivity contribution < 1.29 is 4.21 Å². The third-order valence-electron chi connectivity index (χ3n) is 5.02. The summed E-state index contributed by atoms with van der Waals surface area (Å²) < 4.78 is 12.8. The van der Waals surface area contributed by atoms with Gasteiger partial charge in [0.2, 0.25) is 0 Å². The highest BCUT2D eigenvalue weighted by Crippen LogP contribution is 2.33. The first-order valence-electron chi connectivity index (χ1n) is 9.74. The zero-order valence-corrected chi connectivity index (χ0v) is 17.4.